The summed E-state index contributed by atoms with van der Waals surface area (Å²) in [7, 11) is 0. The molecule has 4 rings (SSSR count). The Morgan fingerprint density at radius 1 is 0.889 bits per heavy atom. The number of benzene rings is 3. The lowest BCUT2D eigenvalue weighted by Crippen LogP contribution is -2.43. The summed E-state index contributed by atoms with van der Waals surface area (Å²) in [5.41, 5.74) is 5.52. The first-order chi connectivity index (χ1) is 17.5. The van der Waals surface area contributed by atoms with Crippen LogP contribution in [0.5, 0.6) is 0 Å². The highest BCUT2D eigenvalue weighted by Gasteiger charge is 2.22. The lowest BCUT2D eigenvalue weighted by atomic mass is 10.1. The molecular weight excluding hydrogens is 450 g/mol. The van der Waals surface area contributed by atoms with E-state index in [1.54, 1.807) is 4.68 Å². The number of carbonyl (C=O) groups excluding carboxylic acids is 2. The molecule has 0 radical (unpaired) electrons. The average Bonchev–Trinajstić information content (AvgIpc) is 3.22. The Labute approximate surface area is 211 Å². The van der Waals surface area contributed by atoms with Crippen molar-refractivity contribution in [2.45, 2.75) is 27.3 Å². The molecule has 0 saturated carbocycles. The molecule has 1 aromatic heterocycles. The van der Waals surface area contributed by atoms with Crippen molar-refractivity contribution in [3.8, 4) is 16.8 Å². The molecule has 1 heterocycles. The zero-order valence-corrected chi connectivity index (χ0v) is 20.9. The lowest BCUT2D eigenvalue weighted by Gasteiger charge is -2.21. The number of carbonyl (C=O) groups is 2. The predicted octanol–water partition coefficient (Wildman–Crippen LogP) is 5.33. The van der Waals surface area contributed by atoms with Gasteiger partial charge in [-0.1, -0.05) is 78.9 Å². The number of nitrogens with zero attached hydrogens (tertiary/aromatic N) is 3. The van der Waals surface area contributed by atoms with Crippen LogP contribution in [0.4, 0.5) is 10.6 Å². The second kappa shape index (κ2) is 11.4. The molecular formula is C29H31N5O2. The van der Waals surface area contributed by atoms with Gasteiger partial charge in [-0.2, -0.15) is 5.10 Å². The maximum atomic E-state index is 13.2. The summed E-state index contributed by atoms with van der Waals surface area (Å²) in [5.74, 6) is 0.289. The van der Waals surface area contributed by atoms with Crippen molar-refractivity contribution >= 4 is 17.8 Å². The summed E-state index contributed by atoms with van der Waals surface area (Å²) < 4.78 is 1.77. The molecule has 0 atom stereocenters. The molecule has 36 heavy (non-hydrogen) atoms. The normalized spacial score (nSPS) is 10.6. The van der Waals surface area contributed by atoms with Crippen molar-refractivity contribution < 1.29 is 9.59 Å². The molecule has 0 spiro atoms. The highest BCUT2D eigenvalue weighted by molar-refractivity contribution is 5.97. The lowest BCUT2D eigenvalue weighted by molar-refractivity contribution is -0.116. The van der Waals surface area contributed by atoms with Crippen molar-refractivity contribution in [1.29, 1.82) is 0 Å². The molecule has 7 nitrogen and oxygen atoms in total. The second-order valence-corrected chi connectivity index (χ2v) is 8.58. The van der Waals surface area contributed by atoms with Gasteiger partial charge in [-0.15, -0.1) is 0 Å². The Kier molecular flexibility index (Phi) is 7.80. The van der Waals surface area contributed by atoms with Gasteiger partial charge in [0.25, 0.3) is 0 Å². The van der Waals surface area contributed by atoms with Gasteiger partial charge >= 0.3 is 6.03 Å². The van der Waals surface area contributed by atoms with Crippen LogP contribution >= 0.6 is 0 Å². The fraction of sp³-hybridized carbons (Fsp3) is 0.207. The number of urea groups is 1. The number of hydrogen-bond acceptors (Lipinski definition) is 3. The zero-order chi connectivity index (χ0) is 25.5. The van der Waals surface area contributed by atoms with E-state index in [-0.39, 0.29) is 18.5 Å². The Morgan fingerprint density at radius 2 is 1.53 bits per heavy atom. The minimum atomic E-state index is -0.293. The van der Waals surface area contributed by atoms with Gasteiger partial charge in [0, 0.05) is 18.7 Å². The van der Waals surface area contributed by atoms with Gasteiger partial charge in [-0.05, 0) is 43.5 Å². The molecule has 0 fully saturated rings. The summed E-state index contributed by atoms with van der Waals surface area (Å²) in [5, 5.41) is 10.7. The fourth-order valence-corrected chi connectivity index (χ4v) is 4.13. The minimum absolute atomic E-state index is 0.0800. The molecule has 2 N–H and O–H groups in total. The monoisotopic (exact) mass is 481 g/mol. The van der Waals surface area contributed by atoms with Gasteiger partial charge in [-0.25, -0.2) is 9.48 Å². The van der Waals surface area contributed by atoms with Crippen molar-refractivity contribution in [1.82, 2.24) is 20.0 Å². The number of likely N-dealkylation sites (N-methyl/N-ethyl adjacent to an activating group) is 1. The molecule has 184 valence electrons. The number of para-hydroxylation sites is 1. The largest absolute Gasteiger partial charge is 0.334 e. The third-order valence-electron chi connectivity index (χ3n) is 6.01. The van der Waals surface area contributed by atoms with Crippen LogP contribution in [0.1, 0.15) is 23.7 Å². The summed E-state index contributed by atoms with van der Waals surface area (Å²) in [4.78, 5) is 27.5. The number of nitrogens with one attached hydrogen (secondary N) is 2. The van der Waals surface area contributed by atoms with Crippen LogP contribution in [0.15, 0.2) is 84.9 Å². The van der Waals surface area contributed by atoms with Crippen LogP contribution in [0.3, 0.4) is 0 Å². The van der Waals surface area contributed by atoms with Crippen LogP contribution in [0.2, 0.25) is 0 Å². The summed E-state index contributed by atoms with van der Waals surface area (Å²) >= 11 is 0. The van der Waals surface area contributed by atoms with Crippen LogP contribution in [-0.2, 0) is 11.3 Å². The molecule has 0 unspecified atom stereocenters. The maximum absolute atomic E-state index is 13.2. The van der Waals surface area contributed by atoms with Gasteiger partial charge in [0.05, 0.1) is 11.4 Å². The Hall–Kier alpha value is -4.39. The number of aromatic nitrogens is 2. The molecule has 3 aromatic carbocycles. The number of aryl methyl sites for hydroxylation is 2. The smallest absolute Gasteiger partial charge is 0.318 e. The first-order valence-electron chi connectivity index (χ1n) is 12.1. The van der Waals surface area contributed by atoms with Crippen LogP contribution in [-0.4, -0.2) is 39.7 Å². The Morgan fingerprint density at radius 3 is 2.19 bits per heavy atom. The van der Waals surface area contributed by atoms with Gasteiger partial charge in [0.2, 0.25) is 5.91 Å². The SMILES string of the molecule is CCN(CC(=O)Nc1c(-c2ccccc2)c(C)nn1-c1ccccc1C)C(=O)NCc1ccccc1. The number of rotatable bonds is 8. The molecule has 0 aliphatic carbocycles. The highest BCUT2D eigenvalue weighted by Crippen LogP contribution is 2.34. The van der Waals surface area contributed by atoms with Gasteiger partial charge in [-0.3, -0.25) is 4.79 Å². The standard InChI is InChI=1S/C29H31N5O2/c1-4-33(29(36)30-19-23-14-7-5-8-15-23)20-26(35)31-28-27(24-16-9-6-10-17-24)22(3)32-34(28)25-18-12-11-13-21(25)2/h5-18H,4,19-20H2,1-3H3,(H,30,36)(H,31,35). The molecule has 0 saturated heterocycles. The highest BCUT2D eigenvalue weighted by atomic mass is 16.2. The molecule has 0 aliphatic rings. The first kappa shape index (κ1) is 24.7. The van der Waals surface area contributed by atoms with E-state index in [2.05, 4.69) is 10.6 Å². The van der Waals surface area contributed by atoms with Gasteiger partial charge in [0.1, 0.15) is 12.4 Å². The Balaban J connectivity index is 1.58. The van der Waals surface area contributed by atoms with Gasteiger partial charge < -0.3 is 15.5 Å². The predicted molar refractivity (Wildman–Crippen MR) is 143 cm³/mol. The van der Waals surface area contributed by atoms with E-state index in [1.807, 2.05) is 106 Å². The number of anilines is 1. The third kappa shape index (κ3) is 5.63. The molecule has 3 amide bonds. The zero-order valence-electron chi connectivity index (χ0n) is 20.9. The van der Waals surface area contributed by atoms with Gasteiger partial charge in [0.15, 0.2) is 0 Å². The fourth-order valence-electron chi connectivity index (χ4n) is 4.13. The minimum Gasteiger partial charge on any atom is -0.334 e. The van der Waals surface area contributed by atoms with E-state index < -0.39 is 0 Å². The van der Waals surface area contributed by atoms with E-state index in [9.17, 15) is 9.59 Å². The molecule has 4 aromatic rings. The van der Waals surface area contributed by atoms with Crippen LogP contribution in [0, 0.1) is 13.8 Å². The van der Waals surface area contributed by atoms with Crippen molar-refractivity contribution in [3.05, 3.63) is 102 Å². The number of hydrogen-bond donors (Lipinski definition) is 2. The topological polar surface area (TPSA) is 79.3 Å². The summed E-state index contributed by atoms with van der Waals surface area (Å²) in [6.45, 7) is 6.51. The summed E-state index contributed by atoms with van der Waals surface area (Å²) in [6.07, 6.45) is 0. The average molecular weight is 482 g/mol. The maximum Gasteiger partial charge on any atom is 0.318 e. The van der Waals surface area contributed by atoms with E-state index in [0.717, 1.165) is 33.6 Å². The third-order valence-corrected chi connectivity index (χ3v) is 6.01. The quantitative estimate of drug-likeness (QED) is 0.357. The number of amides is 3. The first-order valence-corrected chi connectivity index (χ1v) is 12.1. The van der Waals surface area contributed by atoms with E-state index in [0.29, 0.717) is 18.9 Å². The van der Waals surface area contributed by atoms with Crippen molar-refractivity contribution in [3.63, 3.8) is 0 Å². The Bertz CT molecular complexity index is 1330. The second-order valence-electron chi connectivity index (χ2n) is 8.58. The summed E-state index contributed by atoms with van der Waals surface area (Å²) in [6, 6.07) is 27.2. The molecule has 0 bridgehead atoms. The van der Waals surface area contributed by atoms with E-state index in [4.69, 9.17) is 5.10 Å². The van der Waals surface area contributed by atoms with Crippen LogP contribution in [0.25, 0.3) is 16.8 Å². The van der Waals surface area contributed by atoms with E-state index >= 15 is 0 Å². The molecule has 7 heteroatoms. The van der Waals surface area contributed by atoms with E-state index in [1.165, 1.54) is 4.90 Å². The van der Waals surface area contributed by atoms with Crippen molar-refractivity contribution in [2.24, 2.45) is 0 Å². The van der Waals surface area contributed by atoms with Crippen molar-refractivity contribution in [2.75, 3.05) is 18.4 Å². The molecule has 0 aliphatic heterocycles. The van der Waals surface area contributed by atoms with Crippen LogP contribution < -0.4 is 10.6 Å².